The van der Waals surface area contributed by atoms with Gasteiger partial charge in [0.15, 0.2) is 12.4 Å². The Bertz CT molecular complexity index is 1420. The second kappa shape index (κ2) is 10.0. The number of hydrogen-bond donors (Lipinski definition) is 0. The topological polar surface area (TPSA) is 72.9 Å². The zero-order valence-corrected chi connectivity index (χ0v) is 19.8. The van der Waals surface area contributed by atoms with E-state index in [2.05, 4.69) is 0 Å². The van der Waals surface area contributed by atoms with Crippen LogP contribution in [0.3, 0.4) is 0 Å². The average Bonchev–Trinajstić information content (AvgIpc) is 3.30. The van der Waals surface area contributed by atoms with E-state index in [-0.39, 0.29) is 31.3 Å². The number of rotatable bonds is 7. The Morgan fingerprint density at radius 3 is 2.39 bits per heavy atom. The summed E-state index contributed by atoms with van der Waals surface area (Å²) in [4.78, 5) is 39.0. The molecule has 0 radical (unpaired) electrons. The first kappa shape index (κ1) is 23.3. The van der Waals surface area contributed by atoms with Gasteiger partial charge in [0, 0.05) is 29.6 Å². The summed E-state index contributed by atoms with van der Waals surface area (Å²) >= 11 is 0. The molecule has 1 atom stereocenters. The molecule has 4 aromatic rings. The van der Waals surface area contributed by atoms with Crippen LogP contribution in [0.1, 0.15) is 22.3 Å². The lowest BCUT2D eigenvalue weighted by atomic mass is 10.1. The highest BCUT2D eigenvalue weighted by Crippen LogP contribution is 2.32. The smallest absolute Gasteiger partial charge is 0.311 e. The number of benzene rings is 4. The molecule has 4 aromatic carbocycles. The Morgan fingerprint density at radius 2 is 1.61 bits per heavy atom. The van der Waals surface area contributed by atoms with Crippen molar-refractivity contribution >= 4 is 34.1 Å². The third-order valence-corrected chi connectivity index (χ3v) is 6.30. The van der Waals surface area contributed by atoms with Crippen molar-refractivity contribution in [2.75, 3.05) is 18.1 Å². The van der Waals surface area contributed by atoms with Gasteiger partial charge in [-0.05, 0) is 42.6 Å². The molecule has 1 heterocycles. The molecule has 6 nitrogen and oxygen atoms in total. The Morgan fingerprint density at radius 1 is 0.889 bits per heavy atom. The van der Waals surface area contributed by atoms with E-state index < -0.39 is 11.9 Å². The number of nitrogens with zero attached hydrogens (tertiary/aromatic N) is 1. The molecule has 1 fully saturated rings. The maximum absolute atomic E-state index is 12.6. The van der Waals surface area contributed by atoms with Crippen LogP contribution in [-0.2, 0) is 14.3 Å². The fraction of sp³-hybridized carbons (Fsp3) is 0.167. The van der Waals surface area contributed by atoms with Gasteiger partial charge in [-0.3, -0.25) is 14.4 Å². The summed E-state index contributed by atoms with van der Waals surface area (Å²) in [6, 6.07) is 28.2. The van der Waals surface area contributed by atoms with Gasteiger partial charge in [0.05, 0.1) is 5.92 Å². The Labute approximate surface area is 209 Å². The normalized spacial score (nSPS) is 15.2. The summed E-state index contributed by atoms with van der Waals surface area (Å²) in [5.41, 5.74) is 2.21. The Hall–Kier alpha value is -4.45. The zero-order chi connectivity index (χ0) is 25.1. The van der Waals surface area contributed by atoms with E-state index in [9.17, 15) is 14.4 Å². The van der Waals surface area contributed by atoms with Crippen LogP contribution in [0.5, 0.6) is 11.5 Å². The molecule has 1 aliphatic rings. The second-order valence-electron chi connectivity index (χ2n) is 8.88. The molecule has 0 spiro atoms. The first-order chi connectivity index (χ1) is 17.5. The summed E-state index contributed by atoms with van der Waals surface area (Å²) in [5, 5.41) is 2.11. The number of carbonyl (C=O) groups is 3. The van der Waals surface area contributed by atoms with Gasteiger partial charge in [0.2, 0.25) is 5.91 Å². The van der Waals surface area contributed by atoms with E-state index in [4.69, 9.17) is 9.47 Å². The van der Waals surface area contributed by atoms with Crippen molar-refractivity contribution in [1.82, 2.24) is 0 Å². The van der Waals surface area contributed by atoms with Gasteiger partial charge in [-0.2, -0.15) is 0 Å². The first-order valence-corrected chi connectivity index (χ1v) is 11.8. The lowest BCUT2D eigenvalue weighted by Gasteiger charge is -2.17. The van der Waals surface area contributed by atoms with Crippen LogP contribution in [0, 0.1) is 12.8 Å². The van der Waals surface area contributed by atoms with Crippen LogP contribution in [0.4, 0.5) is 5.69 Å². The maximum Gasteiger partial charge on any atom is 0.311 e. The van der Waals surface area contributed by atoms with Gasteiger partial charge in [-0.1, -0.05) is 66.2 Å². The van der Waals surface area contributed by atoms with E-state index in [0.717, 1.165) is 22.1 Å². The largest absolute Gasteiger partial charge is 0.457 e. The lowest BCUT2D eigenvalue weighted by molar-refractivity contribution is -0.147. The molecule has 0 aliphatic carbocycles. The predicted octanol–water partition coefficient (Wildman–Crippen LogP) is 5.72. The highest BCUT2D eigenvalue weighted by molar-refractivity contribution is 6.01. The van der Waals surface area contributed by atoms with Crippen LogP contribution in [0.25, 0.3) is 10.8 Å². The van der Waals surface area contributed by atoms with Crippen molar-refractivity contribution < 1.29 is 23.9 Å². The van der Waals surface area contributed by atoms with Crippen LogP contribution in [0.15, 0.2) is 91.0 Å². The number of hydrogen-bond acceptors (Lipinski definition) is 5. The molecular formula is C30H25NO5. The SMILES string of the molecule is Cc1ccc(C(=O)COC(=O)[C@H]2CC(=O)N(c3ccc(Oc4cccc5ccccc45)cc3)C2)cc1. The monoisotopic (exact) mass is 479 g/mol. The standard InChI is InChI=1S/C30H25NO5/c1-20-9-11-22(12-10-20)27(32)19-35-30(34)23-17-29(33)31(18-23)24-13-15-25(16-14-24)36-28-8-4-6-21-5-2-3-7-26(21)28/h2-16,23H,17-19H2,1H3/t23-/m0/s1. The third-order valence-electron chi connectivity index (χ3n) is 6.30. The van der Waals surface area contributed by atoms with Gasteiger partial charge in [0.1, 0.15) is 11.5 Å². The van der Waals surface area contributed by atoms with Gasteiger partial charge in [0.25, 0.3) is 0 Å². The van der Waals surface area contributed by atoms with Crippen LogP contribution in [-0.4, -0.2) is 30.8 Å². The van der Waals surface area contributed by atoms with E-state index in [1.165, 1.54) is 0 Å². The lowest BCUT2D eigenvalue weighted by Crippen LogP contribution is -2.27. The number of Topliss-reactive ketones (excluding diaryl/α,β-unsaturated/α-hetero) is 1. The number of ketones is 1. The molecule has 0 unspecified atom stereocenters. The summed E-state index contributed by atoms with van der Waals surface area (Å²) < 4.78 is 11.3. The molecule has 5 rings (SSSR count). The van der Waals surface area contributed by atoms with Crippen molar-refractivity contribution in [3.05, 3.63) is 102 Å². The molecule has 6 heteroatoms. The van der Waals surface area contributed by atoms with Crippen molar-refractivity contribution in [3.63, 3.8) is 0 Å². The van der Waals surface area contributed by atoms with Crippen LogP contribution < -0.4 is 9.64 Å². The highest BCUT2D eigenvalue weighted by Gasteiger charge is 2.36. The van der Waals surface area contributed by atoms with Crippen molar-refractivity contribution in [2.24, 2.45) is 5.92 Å². The van der Waals surface area contributed by atoms with Crippen molar-refractivity contribution in [1.29, 1.82) is 0 Å². The number of anilines is 1. The molecule has 0 bridgehead atoms. The van der Waals surface area contributed by atoms with Crippen molar-refractivity contribution in [3.8, 4) is 11.5 Å². The number of carbonyl (C=O) groups excluding carboxylic acids is 3. The summed E-state index contributed by atoms with van der Waals surface area (Å²) in [6.07, 6.45) is 0.0474. The van der Waals surface area contributed by atoms with Crippen LogP contribution in [0.2, 0.25) is 0 Å². The number of ether oxygens (including phenoxy) is 2. The molecule has 180 valence electrons. The summed E-state index contributed by atoms with van der Waals surface area (Å²) in [7, 11) is 0. The highest BCUT2D eigenvalue weighted by atomic mass is 16.5. The molecule has 0 saturated carbocycles. The molecule has 1 amide bonds. The van der Waals surface area contributed by atoms with E-state index in [1.54, 1.807) is 41.3 Å². The van der Waals surface area contributed by atoms with E-state index >= 15 is 0 Å². The fourth-order valence-corrected chi connectivity index (χ4v) is 4.30. The van der Waals surface area contributed by atoms with Crippen LogP contribution >= 0.6 is 0 Å². The first-order valence-electron chi connectivity index (χ1n) is 11.8. The predicted molar refractivity (Wildman–Crippen MR) is 137 cm³/mol. The van der Waals surface area contributed by atoms with Crippen molar-refractivity contribution in [2.45, 2.75) is 13.3 Å². The fourth-order valence-electron chi connectivity index (χ4n) is 4.30. The minimum Gasteiger partial charge on any atom is -0.457 e. The molecule has 1 aliphatic heterocycles. The van der Waals surface area contributed by atoms with Gasteiger partial charge in [-0.15, -0.1) is 0 Å². The van der Waals surface area contributed by atoms with E-state index in [0.29, 0.717) is 17.0 Å². The number of esters is 1. The Kier molecular flexibility index (Phi) is 6.50. The summed E-state index contributed by atoms with van der Waals surface area (Å²) in [6.45, 7) is 1.80. The second-order valence-corrected chi connectivity index (χ2v) is 8.88. The summed E-state index contributed by atoms with van der Waals surface area (Å²) in [5.74, 6) is -0.193. The molecule has 0 N–H and O–H groups in total. The quantitative estimate of drug-likeness (QED) is 0.250. The maximum atomic E-state index is 12.6. The third kappa shape index (κ3) is 4.98. The zero-order valence-electron chi connectivity index (χ0n) is 19.8. The number of fused-ring (bicyclic) bond motifs is 1. The molecule has 36 heavy (non-hydrogen) atoms. The molecular weight excluding hydrogens is 454 g/mol. The Balaban J connectivity index is 1.20. The van der Waals surface area contributed by atoms with Gasteiger partial charge >= 0.3 is 5.97 Å². The number of aryl methyl sites for hydroxylation is 1. The number of amides is 1. The van der Waals surface area contributed by atoms with Gasteiger partial charge < -0.3 is 14.4 Å². The minimum atomic E-state index is -0.616. The minimum absolute atomic E-state index is 0.0474. The van der Waals surface area contributed by atoms with Gasteiger partial charge in [-0.25, -0.2) is 0 Å². The molecule has 0 aromatic heterocycles. The average molecular weight is 480 g/mol. The van der Waals surface area contributed by atoms with E-state index in [1.807, 2.05) is 61.5 Å². The molecule has 1 saturated heterocycles.